The standard InChI is InChI=1S/C23H29N5O3/c1-6-28-21-18(12-26-28)20(27-15(5)13(2)3)19(11-24-21)22(29)25-10-16-8-7-9-17(14(16)4)23(30)31/h7-9,11-13,15H,6,10H2,1-5H3,(H,24,27)(H,25,29)(H,30,31)/t15-/m0/s1. The fourth-order valence-electron chi connectivity index (χ4n) is 3.36. The summed E-state index contributed by atoms with van der Waals surface area (Å²) in [5.74, 6) is -0.901. The van der Waals surface area contributed by atoms with Crippen LogP contribution in [0.3, 0.4) is 0 Å². The van der Waals surface area contributed by atoms with E-state index in [9.17, 15) is 14.7 Å². The van der Waals surface area contributed by atoms with Crippen molar-refractivity contribution < 1.29 is 14.7 Å². The summed E-state index contributed by atoms with van der Waals surface area (Å²) in [5.41, 5.74) is 3.49. The van der Waals surface area contributed by atoms with E-state index in [1.54, 1.807) is 36.1 Å². The van der Waals surface area contributed by atoms with Gasteiger partial charge in [0, 0.05) is 25.3 Å². The first-order valence-electron chi connectivity index (χ1n) is 10.5. The molecule has 0 aliphatic heterocycles. The van der Waals surface area contributed by atoms with Gasteiger partial charge in [0.1, 0.15) is 0 Å². The molecule has 8 nitrogen and oxygen atoms in total. The predicted molar refractivity (Wildman–Crippen MR) is 120 cm³/mol. The Morgan fingerprint density at radius 1 is 1.16 bits per heavy atom. The molecule has 0 aliphatic carbocycles. The van der Waals surface area contributed by atoms with Crippen molar-refractivity contribution in [1.29, 1.82) is 0 Å². The largest absolute Gasteiger partial charge is 0.478 e. The quantitative estimate of drug-likeness (QED) is 0.508. The first-order chi connectivity index (χ1) is 14.7. The van der Waals surface area contributed by atoms with Gasteiger partial charge in [-0.1, -0.05) is 26.0 Å². The number of aromatic nitrogens is 3. The van der Waals surface area contributed by atoms with Gasteiger partial charge in [-0.3, -0.25) is 4.79 Å². The predicted octanol–water partition coefficient (Wildman–Crippen LogP) is 3.84. The molecule has 3 N–H and O–H groups in total. The van der Waals surface area contributed by atoms with Crippen LogP contribution < -0.4 is 10.6 Å². The maximum absolute atomic E-state index is 13.1. The average Bonchev–Trinajstić information content (AvgIpc) is 3.16. The Bertz CT molecular complexity index is 1120. The number of rotatable bonds is 8. The number of benzene rings is 1. The Morgan fingerprint density at radius 3 is 2.55 bits per heavy atom. The highest BCUT2D eigenvalue weighted by Gasteiger charge is 2.21. The molecule has 1 amide bonds. The van der Waals surface area contributed by atoms with Gasteiger partial charge in [-0.15, -0.1) is 0 Å². The van der Waals surface area contributed by atoms with Crippen LogP contribution in [0.1, 0.15) is 59.5 Å². The Labute approximate surface area is 181 Å². The molecule has 2 aromatic heterocycles. The number of aromatic carboxylic acids is 1. The number of carbonyl (C=O) groups excluding carboxylic acids is 1. The monoisotopic (exact) mass is 423 g/mol. The number of nitrogens with zero attached hydrogens (tertiary/aromatic N) is 3. The zero-order valence-corrected chi connectivity index (χ0v) is 18.6. The van der Waals surface area contributed by atoms with E-state index in [1.807, 2.05) is 13.0 Å². The Balaban J connectivity index is 1.93. The molecule has 8 heteroatoms. The normalized spacial score (nSPS) is 12.2. The number of amides is 1. The number of anilines is 1. The fourth-order valence-corrected chi connectivity index (χ4v) is 3.36. The molecule has 0 unspecified atom stereocenters. The second-order valence-electron chi connectivity index (χ2n) is 8.00. The minimum absolute atomic E-state index is 0.136. The molecule has 31 heavy (non-hydrogen) atoms. The number of carbonyl (C=O) groups is 2. The summed E-state index contributed by atoms with van der Waals surface area (Å²) in [4.78, 5) is 29.0. The van der Waals surface area contributed by atoms with Gasteiger partial charge in [0.15, 0.2) is 5.65 Å². The summed E-state index contributed by atoms with van der Waals surface area (Å²) in [6, 6.07) is 5.19. The molecule has 1 aromatic carbocycles. The molecule has 0 saturated heterocycles. The maximum Gasteiger partial charge on any atom is 0.335 e. The number of carboxylic acid groups (broad SMARTS) is 1. The molecule has 1 atom stereocenters. The van der Waals surface area contributed by atoms with Crippen molar-refractivity contribution in [3.63, 3.8) is 0 Å². The number of carboxylic acids is 1. The van der Waals surface area contributed by atoms with Gasteiger partial charge in [-0.05, 0) is 43.9 Å². The van der Waals surface area contributed by atoms with E-state index in [-0.39, 0.29) is 24.1 Å². The zero-order valence-electron chi connectivity index (χ0n) is 18.6. The van der Waals surface area contributed by atoms with Crippen molar-refractivity contribution in [2.45, 2.75) is 53.8 Å². The van der Waals surface area contributed by atoms with Crippen LogP contribution in [0.5, 0.6) is 0 Å². The lowest BCUT2D eigenvalue weighted by atomic mass is 10.0. The third kappa shape index (κ3) is 4.52. The SMILES string of the molecule is CCn1ncc2c(N[C@@H](C)C(C)C)c(C(=O)NCc3cccc(C(=O)O)c3C)cnc21. The lowest BCUT2D eigenvalue weighted by molar-refractivity contribution is 0.0696. The van der Waals surface area contributed by atoms with Crippen LogP contribution in [0, 0.1) is 12.8 Å². The topological polar surface area (TPSA) is 109 Å². The zero-order chi connectivity index (χ0) is 22.7. The molecule has 0 aliphatic rings. The maximum atomic E-state index is 13.1. The van der Waals surface area contributed by atoms with Gasteiger partial charge in [0.25, 0.3) is 5.91 Å². The van der Waals surface area contributed by atoms with E-state index in [4.69, 9.17) is 0 Å². The van der Waals surface area contributed by atoms with Crippen molar-refractivity contribution in [2.75, 3.05) is 5.32 Å². The first kappa shape index (κ1) is 22.3. The summed E-state index contributed by atoms with van der Waals surface area (Å²) in [6.07, 6.45) is 3.31. The van der Waals surface area contributed by atoms with Crippen LogP contribution in [-0.2, 0) is 13.1 Å². The number of pyridine rings is 1. The van der Waals surface area contributed by atoms with Crippen molar-refractivity contribution in [2.24, 2.45) is 5.92 Å². The molecule has 3 aromatic rings. The van der Waals surface area contributed by atoms with Crippen LogP contribution in [0.4, 0.5) is 5.69 Å². The van der Waals surface area contributed by atoms with Gasteiger partial charge < -0.3 is 15.7 Å². The van der Waals surface area contributed by atoms with Gasteiger partial charge in [0.2, 0.25) is 0 Å². The highest BCUT2D eigenvalue weighted by atomic mass is 16.4. The molecule has 0 fully saturated rings. The Kier molecular flexibility index (Phi) is 6.58. The lowest BCUT2D eigenvalue weighted by Crippen LogP contribution is -2.27. The van der Waals surface area contributed by atoms with E-state index in [1.165, 1.54) is 0 Å². The van der Waals surface area contributed by atoms with E-state index in [0.29, 0.717) is 29.3 Å². The molecule has 0 radical (unpaired) electrons. The van der Waals surface area contributed by atoms with E-state index in [2.05, 4.69) is 41.5 Å². The summed E-state index contributed by atoms with van der Waals surface area (Å²) in [7, 11) is 0. The molecular weight excluding hydrogens is 394 g/mol. The Hall–Kier alpha value is -3.42. The van der Waals surface area contributed by atoms with Crippen LogP contribution in [0.15, 0.2) is 30.6 Å². The van der Waals surface area contributed by atoms with Gasteiger partial charge >= 0.3 is 5.97 Å². The highest BCUT2D eigenvalue weighted by Crippen LogP contribution is 2.28. The molecule has 0 saturated carbocycles. The van der Waals surface area contributed by atoms with Gasteiger partial charge in [0.05, 0.1) is 28.4 Å². The number of aryl methyl sites for hydroxylation is 1. The molecule has 164 valence electrons. The van der Waals surface area contributed by atoms with Crippen molar-refractivity contribution in [3.05, 3.63) is 52.8 Å². The molecular formula is C23H29N5O3. The summed E-state index contributed by atoms with van der Waals surface area (Å²) >= 11 is 0. The molecule has 0 bridgehead atoms. The summed E-state index contributed by atoms with van der Waals surface area (Å²) < 4.78 is 1.79. The molecule has 0 spiro atoms. The van der Waals surface area contributed by atoms with Gasteiger partial charge in [-0.25, -0.2) is 14.5 Å². The van der Waals surface area contributed by atoms with Crippen LogP contribution in [-0.4, -0.2) is 37.8 Å². The smallest absolute Gasteiger partial charge is 0.335 e. The van der Waals surface area contributed by atoms with Crippen molar-refractivity contribution >= 4 is 28.6 Å². The number of fused-ring (bicyclic) bond motifs is 1. The second kappa shape index (κ2) is 9.16. The van der Waals surface area contributed by atoms with Crippen molar-refractivity contribution in [1.82, 2.24) is 20.1 Å². The van der Waals surface area contributed by atoms with E-state index < -0.39 is 5.97 Å². The Morgan fingerprint density at radius 2 is 1.90 bits per heavy atom. The second-order valence-corrected chi connectivity index (χ2v) is 8.00. The number of hydrogen-bond acceptors (Lipinski definition) is 5. The van der Waals surface area contributed by atoms with E-state index in [0.717, 1.165) is 16.6 Å². The minimum atomic E-state index is -0.984. The fraction of sp³-hybridized carbons (Fsp3) is 0.391. The first-order valence-corrected chi connectivity index (χ1v) is 10.5. The van der Waals surface area contributed by atoms with Crippen LogP contribution in [0.25, 0.3) is 11.0 Å². The number of nitrogens with one attached hydrogen (secondary N) is 2. The average molecular weight is 424 g/mol. The molecule has 2 heterocycles. The third-order valence-corrected chi connectivity index (χ3v) is 5.70. The van der Waals surface area contributed by atoms with Crippen molar-refractivity contribution in [3.8, 4) is 0 Å². The highest BCUT2D eigenvalue weighted by molar-refractivity contribution is 6.06. The number of hydrogen-bond donors (Lipinski definition) is 3. The summed E-state index contributed by atoms with van der Waals surface area (Å²) in [6.45, 7) is 10.9. The molecule has 3 rings (SSSR count). The van der Waals surface area contributed by atoms with Crippen LogP contribution in [0.2, 0.25) is 0 Å². The lowest BCUT2D eigenvalue weighted by Gasteiger charge is -2.21. The minimum Gasteiger partial charge on any atom is -0.478 e. The summed E-state index contributed by atoms with van der Waals surface area (Å²) in [5, 5.41) is 20.9. The van der Waals surface area contributed by atoms with E-state index >= 15 is 0 Å². The van der Waals surface area contributed by atoms with Gasteiger partial charge in [-0.2, -0.15) is 5.10 Å². The third-order valence-electron chi connectivity index (χ3n) is 5.70. The van der Waals surface area contributed by atoms with Crippen LogP contribution >= 0.6 is 0 Å².